The second-order valence-corrected chi connectivity index (χ2v) is 11.5. The van der Waals surface area contributed by atoms with Gasteiger partial charge in [0.25, 0.3) is 6.33 Å². The van der Waals surface area contributed by atoms with Gasteiger partial charge in [-0.1, -0.05) is 89.2 Å². The summed E-state index contributed by atoms with van der Waals surface area (Å²) in [6, 6.07) is 12.4. The van der Waals surface area contributed by atoms with E-state index in [9.17, 15) is 0 Å². The minimum Gasteiger partial charge on any atom is -0.489 e. The van der Waals surface area contributed by atoms with Crippen molar-refractivity contribution in [3.8, 4) is 34.4 Å². The average molecular weight is 562 g/mol. The number of aromatic nitrogens is 2. The van der Waals surface area contributed by atoms with E-state index in [1.165, 1.54) is 77.0 Å². The van der Waals surface area contributed by atoms with Crippen LogP contribution in [0.4, 0.5) is 0 Å². The van der Waals surface area contributed by atoms with E-state index in [4.69, 9.17) is 18.9 Å². The molecule has 0 atom stereocenters. The highest BCUT2D eigenvalue weighted by Gasteiger charge is 2.24. The Hall–Kier alpha value is -3.15. The number of para-hydroxylation sites is 2. The first-order chi connectivity index (χ1) is 20.4. The second-order valence-electron chi connectivity index (χ2n) is 11.5. The van der Waals surface area contributed by atoms with Crippen LogP contribution in [0.2, 0.25) is 0 Å². The quantitative estimate of drug-likeness (QED) is 0.258. The Morgan fingerprint density at radius 1 is 0.463 bits per heavy atom. The minimum absolute atomic E-state index is 0.715. The molecule has 1 aromatic heterocycles. The summed E-state index contributed by atoms with van der Waals surface area (Å²) in [5.74, 6) is 3.43. The van der Waals surface area contributed by atoms with E-state index in [2.05, 4.69) is 52.1 Å². The van der Waals surface area contributed by atoms with Gasteiger partial charge in [-0.25, -0.2) is 0 Å². The van der Waals surface area contributed by atoms with Gasteiger partial charge in [-0.15, -0.1) is 0 Å². The molecule has 41 heavy (non-hydrogen) atoms. The lowest BCUT2D eigenvalue weighted by Crippen LogP contribution is -2.29. The van der Waals surface area contributed by atoms with Gasteiger partial charge in [0.2, 0.25) is 11.4 Å². The molecular weight excluding hydrogens is 512 g/mol. The zero-order chi connectivity index (χ0) is 28.0. The number of hydrogen-bond acceptors (Lipinski definition) is 4. The Kier molecular flexibility index (Phi) is 11.7. The molecule has 0 aliphatic carbocycles. The molecule has 0 radical (unpaired) electrons. The predicted molar refractivity (Wildman–Crippen MR) is 163 cm³/mol. The Bertz CT molecular complexity index is 1040. The highest BCUT2D eigenvalue weighted by Crippen LogP contribution is 2.34. The third-order valence-electron chi connectivity index (χ3n) is 8.18. The predicted octanol–water partition coefficient (Wildman–Crippen LogP) is 8.54. The highest BCUT2D eigenvalue weighted by atomic mass is 16.5. The lowest BCUT2D eigenvalue weighted by atomic mass is 10.1. The molecule has 2 aliphatic heterocycles. The maximum absolute atomic E-state index is 6.41. The Labute approximate surface area is 246 Å². The molecule has 3 aromatic rings. The Morgan fingerprint density at radius 2 is 0.829 bits per heavy atom. The van der Waals surface area contributed by atoms with Crippen molar-refractivity contribution in [2.75, 3.05) is 26.4 Å². The fourth-order valence-electron chi connectivity index (χ4n) is 5.86. The summed E-state index contributed by atoms with van der Waals surface area (Å²) >= 11 is 0. The first-order valence-corrected chi connectivity index (χ1v) is 16.3. The number of ether oxygens (including phenoxy) is 4. The Morgan fingerprint density at radius 3 is 1.27 bits per heavy atom. The van der Waals surface area contributed by atoms with E-state index >= 15 is 0 Å². The number of rotatable bonds is 0. The summed E-state index contributed by atoms with van der Waals surface area (Å²) < 4.78 is 29.9. The molecule has 3 heterocycles. The van der Waals surface area contributed by atoms with Crippen LogP contribution in [0.1, 0.15) is 103 Å². The highest BCUT2D eigenvalue weighted by molar-refractivity contribution is 5.57. The first-order valence-electron chi connectivity index (χ1n) is 16.3. The molecule has 6 nitrogen and oxygen atoms in total. The van der Waals surface area contributed by atoms with Gasteiger partial charge in [0.05, 0.1) is 26.4 Å². The van der Waals surface area contributed by atoms with Crippen molar-refractivity contribution < 1.29 is 23.5 Å². The maximum Gasteiger partial charge on any atom is 0.254 e. The zero-order valence-electron chi connectivity index (χ0n) is 24.9. The molecule has 6 heteroatoms. The smallest absolute Gasteiger partial charge is 0.254 e. The topological polar surface area (TPSA) is 45.7 Å². The summed E-state index contributed by atoms with van der Waals surface area (Å²) in [6.07, 6.45) is 25.6. The third-order valence-corrected chi connectivity index (χ3v) is 8.18. The third kappa shape index (κ3) is 8.67. The van der Waals surface area contributed by atoms with Crippen LogP contribution >= 0.6 is 0 Å². The van der Waals surface area contributed by atoms with Crippen LogP contribution in [-0.4, -0.2) is 31.0 Å². The molecule has 2 aromatic carbocycles. The lowest BCUT2D eigenvalue weighted by molar-refractivity contribution is -0.595. The summed E-state index contributed by atoms with van der Waals surface area (Å²) in [4.78, 5) is 0. The number of hydrogen-bond donors (Lipinski definition) is 0. The monoisotopic (exact) mass is 561 g/mol. The van der Waals surface area contributed by atoms with Crippen LogP contribution in [-0.2, 0) is 0 Å². The van der Waals surface area contributed by atoms with Gasteiger partial charge in [-0.2, -0.15) is 9.13 Å². The summed E-state index contributed by atoms with van der Waals surface area (Å²) in [6.45, 7) is 2.86. The van der Waals surface area contributed by atoms with Crippen LogP contribution in [0, 0.1) is 0 Å². The van der Waals surface area contributed by atoms with E-state index in [0.717, 1.165) is 60.1 Å². The molecule has 222 valence electrons. The van der Waals surface area contributed by atoms with Crippen LogP contribution in [0.5, 0.6) is 23.0 Å². The summed E-state index contributed by atoms with van der Waals surface area (Å²) in [5.41, 5.74) is 1.89. The molecule has 5 rings (SSSR count). The number of benzene rings is 2. The second kappa shape index (κ2) is 16.3. The molecule has 2 aliphatic rings. The van der Waals surface area contributed by atoms with Crippen molar-refractivity contribution in [3.05, 3.63) is 55.1 Å². The van der Waals surface area contributed by atoms with Gasteiger partial charge in [-0.05, 0) is 49.9 Å². The van der Waals surface area contributed by atoms with Crippen LogP contribution in [0.25, 0.3) is 11.4 Å². The van der Waals surface area contributed by atoms with Gasteiger partial charge >= 0.3 is 0 Å². The van der Waals surface area contributed by atoms with Gasteiger partial charge < -0.3 is 18.9 Å². The van der Waals surface area contributed by atoms with Crippen molar-refractivity contribution >= 4 is 0 Å². The SMILES string of the molecule is c1cc2c3c(c1)OCCCCCCCCCCOc1cccc(c1-[n+]1ccn-3c1)OCCCCCCCCCCO2. The standard InChI is InChI=1S/C35H49N2O4/c1-2-6-10-14-26-39-31-20-18-22-33-35(31)37-24-23-36(29-37)34-30(38-25-13-9-5-1)19-17-21-32(34)40-27-15-11-7-3-4-8-12-16-28-41-33/h17-24,29H,1-16,25-28H2/q+1. The van der Waals surface area contributed by atoms with E-state index in [1.54, 1.807) is 0 Å². The minimum atomic E-state index is 0.715. The summed E-state index contributed by atoms with van der Waals surface area (Å²) in [5, 5.41) is 0. The van der Waals surface area contributed by atoms with E-state index in [1.807, 2.05) is 12.1 Å². The molecule has 0 saturated carbocycles. The van der Waals surface area contributed by atoms with Gasteiger partial charge in [-0.3, -0.25) is 0 Å². The zero-order valence-corrected chi connectivity index (χ0v) is 24.9. The number of imidazole rings is 1. The van der Waals surface area contributed by atoms with Gasteiger partial charge in [0, 0.05) is 0 Å². The molecule has 0 unspecified atom stereocenters. The maximum atomic E-state index is 6.41. The fourth-order valence-corrected chi connectivity index (χ4v) is 5.86. The average Bonchev–Trinajstić information content (AvgIpc) is 3.46. The summed E-state index contributed by atoms with van der Waals surface area (Å²) in [7, 11) is 0. The molecule has 4 bridgehead atoms. The number of nitrogens with zero attached hydrogens (tertiary/aromatic N) is 2. The largest absolute Gasteiger partial charge is 0.489 e. The van der Waals surface area contributed by atoms with Gasteiger partial charge in [0.15, 0.2) is 23.0 Å². The lowest BCUT2D eigenvalue weighted by Gasteiger charge is -2.14. The molecular formula is C35H49N2O4+. The normalized spacial score (nSPS) is 18.5. The first kappa shape index (κ1) is 29.3. The molecule has 0 N–H and O–H groups in total. The Balaban J connectivity index is 1.52. The fraction of sp³-hybridized carbons (Fsp3) is 0.571. The van der Waals surface area contributed by atoms with E-state index in [0.29, 0.717) is 26.4 Å². The molecule has 0 fully saturated rings. The van der Waals surface area contributed by atoms with Crippen LogP contribution < -0.4 is 23.5 Å². The van der Waals surface area contributed by atoms with Crippen LogP contribution in [0.3, 0.4) is 0 Å². The van der Waals surface area contributed by atoms with Crippen molar-refractivity contribution in [2.24, 2.45) is 0 Å². The van der Waals surface area contributed by atoms with E-state index in [-0.39, 0.29) is 0 Å². The van der Waals surface area contributed by atoms with Crippen molar-refractivity contribution in [1.82, 2.24) is 4.57 Å². The molecule has 0 saturated heterocycles. The molecule has 0 amide bonds. The van der Waals surface area contributed by atoms with Crippen molar-refractivity contribution in [3.63, 3.8) is 0 Å². The van der Waals surface area contributed by atoms with Crippen LogP contribution in [0.15, 0.2) is 55.1 Å². The molecule has 0 spiro atoms. The van der Waals surface area contributed by atoms with E-state index < -0.39 is 0 Å². The van der Waals surface area contributed by atoms with Gasteiger partial charge in [0.1, 0.15) is 12.4 Å². The van der Waals surface area contributed by atoms with Crippen molar-refractivity contribution in [2.45, 2.75) is 103 Å². The van der Waals surface area contributed by atoms with Crippen molar-refractivity contribution in [1.29, 1.82) is 0 Å².